The molecule has 1 aromatic carbocycles. The topological polar surface area (TPSA) is 27.7 Å². The molecule has 0 amide bonds. The molecule has 3 heterocycles. The number of halogens is 1. The summed E-state index contributed by atoms with van der Waals surface area (Å²) in [6.45, 7) is 4.74. The molecule has 24 heavy (non-hydrogen) atoms. The van der Waals surface area contributed by atoms with Gasteiger partial charge in [0.15, 0.2) is 0 Å². The molecule has 0 radical (unpaired) electrons. The number of benzene rings is 1. The van der Waals surface area contributed by atoms with Gasteiger partial charge in [0.2, 0.25) is 0 Å². The lowest BCUT2D eigenvalue weighted by atomic mass is 10.1. The summed E-state index contributed by atoms with van der Waals surface area (Å²) in [4.78, 5) is 4.67. The summed E-state index contributed by atoms with van der Waals surface area (Å²) in [5.74, 6) is 3.22. The van der Waals surface area contributed by atoms with Gasteiger partial charge in [-0.05, 0) is 24.6 Å². The van der Waals surface area contributed by atoms with Crippen LogP contribution in [0.5, 0.6) is 5.75 Å². The van der Waals surface area contributed by atoms with Crippen molar-refractivity contribution in [1.29, 1.82) is 0 Å². The van der Waals surface area contributed by atoms with E-state index in [2.05, 4.69) is 47.3 Å². The van der Waals surface area contributed by atoms with Gasteiger partial charge in [-0.25, -0.2) is 0 Å². The number of dihydropyridines is 1. The number of thioether (sulfide) groups is 1. The number of likely N-dealkylation sites (N-methyl/N-ethyl adjacent to an activating group) is 1. The summed E-state index contributed by atoms with van der Waals surface area (Å²) in [7, 11) is 2.11. The molecular formula is C18H22ClN3OS. The lowest BCUT2D eigenvalue weighted by molar-refractivity contribution is 0.328. The first-order valence-corrected chi connectivity index (χ1v) is 9.82. The van der Waals surface area contributed by atoms with Crippen molar-refractivity contribution in [3.63, 3.8) is 0 Å². The van der Waals surface area contributed by atoms with E-state index in [-0.39, 0.29) is 6.17 Å². The fourth-order valence-electron chi connectivity index (χ4n) is 3.56. The molecule has 4 nitrogen and oxygen atoms in total. The Morgan fingerprint density at radius 3 is 2.88 bits per heavy atom. The van der Waals surface area contributed by atoms with E-state index in [1.807, 2.05) is 18.0 Å². The molecule has 1 saturated heterocycles. The molecule has 3 aliphatic rings. The van der Waals surface area contributed by atoms with Gasteiger partial charge in [-0.15, -0.1) is 0 Å². The molecule has 1 N–H and O–H groups in total. The number of anilines is 1. The Labute approximate surface area is 152 Å². The normalized spacial score (nSPS) is 23.6. The predicted octanol–water partition coefficient (Wildman–Crippen LogP) is 3.14. The Hall–Kier alpha value is -1.46. The molecule has 4 rings (SSSR count). The molecule has 0 saturated carbocycles. The molecule has 0 bridgehead atoms. The Morgan fingerprint density at radius 2 is 2.08 bits per heavy atom. The Kier molecular flexibility index (Phi) is 4.31. The van der Waals surface area contributed by atoms with Crippen LogP contribution >= 0.6 is 23.4 Å². The van der Waals surface area contributed by atoms with Crippen molar-refractivity contribution in [1.82, 2.24) is 10.2 Å². The SMILES string of the molecule is Cc1ccc2c(c1)N(C)C1NC=C(Cl)C(N3CCSCC3)=C1CO2. The zero-order chi connectivity index (χ0) is 16.7. The van der Waals surface area contributed by atoms with Gasteiger partial charge >= 0.3 is 0 Å². The molecule has 6 heteroatoms. The van der Waals surface area contributed by atoms with Gasteiger partial charge in [0.05, 0.1) is 16.4 Å². The number of hydrogen-bond acceptors (Lipinski definition) is 5. The number of nitrogens with one attached hydrogen (secondary N) is 1. The van der Waals surface area contributed by atoms with Crippen LogP contribution in [0.4, 0.5) is 5.69 Å². The first kappa shape index (κ1) is 16.0. The van der Waals surface area contributed by atoms with Crippen molar-refractivity contribution in [2.24, 2.45) is 0 Å². The van der Waals surface area contributed by atoms with E-state index in [1.165, 1.54) is 11.1 Å². The maximum absolute atomic E-state index is 6.59. The van der Waals surface area contributed by atoms with Crippen LogP contribution < -0.4 is 15.0 Å². The van der Waals surface area contributed by atoms with Crippen LogP contribution in [-0.2, 0) is 0 Å². The third kappa shape index (κ3) is 2.74. The lowest BCUT2D eigenvalue weighted by Gasteiger charge is -2.38. The maximum atomic E-state index is 6.59. The maximum Gasteiger partial charge on any atom is 0.143 e. The summed E-state index contributed by atoms with van der Waals surface area (Å²) in [5.41, 5.74) is 4.71. The third-order valence-electron chi connectivity index (χ3n) is 4.82. The standard InChI is InChI=1S/C18H22ClN3OS/c1-12-3-4-16-15(9-12)21(2)18-13(11-23-16)17(14(19)10-20-18)22-5-7-24-8-6-22/h3-4,9-10,18,20H,5-8,11H2,1-2H3. The van der Waals surface area contributed by atoms with Crippen LogP contribution in [0.25, 0.3) is 0 Å². The molecule has 0 aromatic heterocycles. The van der Waals surface area contributed by atoms with Crippen molar-refractivity contribution in [2.45, 2.75) is 13.1 Å². The summed E-state index contributed by atoms with van der Waals surface area (Å²) < 4.78 is 6.16. The Morgan fingerprint density at radius 1 is 1.29 bits per heavy atom. The highest BCUT2D eigenvalue weighted by Gasteiger charge is 2.33. The van der Waals surface area contributed by atoms with Crippen LogP contribution in [0.2, 0.25) is 0 Å². The average molecular weight is 364 g/mol. The minimum Gasteiger partial charge on any atom is -0.487 e. The van der Waals surface area contributed by atoms with Crippen LogP contribution in [0.15, 0.2) is 40.7 Å². The van der Waals surface area contributed by atoms with Gasteiger partial charge in [-0.3, -0.25) is 0 Å². The second-order valence-electron chi connectivity index (χ2n) is 6.41. The van der Waals surface area contributed by atoms with Gasteiger partial charge in [0, 0.05) is 43.4 Å². The van der Waals surface area contributed by atoms with Gasteiger partial charge in [-0.1, -0.05) is 17.7 Å². The van der Waals surface area contributed by atoms with Crippen LogP contribution in [-0.4, -0.2) is 49.3 Å². The minimum absolute atomic E-state index is 0.0696. The summed E-state index contributed by atoms with van der Waals surface area (Å²) in [6.07, 6.45) is 2.00. The second-order valence-corrected chi connectivity index (χ2v) is 8.04. The largest absolute Gasteiger partial charge is 0.487 e. The second kappa shape index (κ2) is 6.45. The lowest BCUT2D eigenvalue weighted by Crippen LogP contribution is -2.47. The first-order chi connectivity index (χ1) is 11.6. The number of nitrogens with zero attached hydrogens (tertiary/aromatic N) is 2. The van der Waals surface area contributed by atoms with Gasteiger partial charge < -0.3 is 19.9 Å². The van der Waals surface area contributed by atoms with E-state index in [9.17, 15) is 0 Å². The van der Waals surface area contributed by atoms with E-state index in [4.69, 9.17) is 16.3 Å². The van der Waals surface area contributed by atoms with Crippen molar-refractivity contribution < 1.29 is 4.74 Å². The molecule has 1 fully saturated rings. The molecule has 128 valence electrons. The van der Waals surface area contributed by atoms with Crippen molar-refractivity contribution in [2.75, 3.05) is 43.1 Å². The minimum atomic E-state index is 0.0696. The predicted molar refractivity (Wildman–Crippen MR) is 102 cm³/mol. The quantitative estimate of drug-likeness (QED) is 0.827. The summed E-state index contributed by atoms with van der Waals surface area (Å²) >= 11 is 8.60. The van der Waals surface area contributed by atoms with E-state index in [0.717, 1.165) is 46.8 Å². The van der Waals surface area contributed by atoms with Gasteiger partial charge in [-0.2, -0.15) is 11.8 Å². The summed E-state index contributed by atoms with van der Waals surface area (Å²) in [5, 5.41) is 4.24. The Balaban J connectivity index is 1.76. The molecule has 0 aliphatic carbocycles. The van der Waals surface area contributed by atoms with Crippen LogP contribution in [0.3, 0.4) is 0 Å². The number of fused-ring (bicyclic) bond motifs is 2. The van der Waals surface area contributed by atoms with Crippen molar-refractivity contribution in [3.8, 4) is 5.75 Å². The van der Waals surface area contributed by atoms with E-state index < -0.39 is 0 Å². The molecule has 0 spiro atoms. The number of ether oxygens (including phenoxy) is 1. The number of hydrogen-bond donors (Lipinski definition) is 1. The molecule has 1 unspecified atom stereocenters. The van der Waals surface area contributed by atoms with Gasteiger partial charge in [0.25, 0.3) is 0 Å². The molecule has 3 aliphatic heterocycles. The highest BCUT2D eigenvalue weighted by atomic mass is 35.5. The monoisotopic (exact) mass is 363 g/mol. The van der Waals surface area contributed by atoms with E-state index in [0.29, 0.717) is 6.61 Å². The molecular weight excluding hydrogens is 342 g/mol. The first-order valence-electron chi connectivity index (χ1n) is 8.29. The third-order valence-corrected chi connectivity index (χ3v) is 6.05. The number of rotatable bonds is 1. The highest BCUT2D eigenvalue weighted by Crippen LogP contribution is 2.38. The smallest absolute Gasteiger partial charge is 0.143 e. The molecule has 1 aromatic rings. The highest BCUT2D eigenvalue weighted by molar-refractivity contribution is 7.99. The van der Waals surface area contributed by atoms with Gasteiger partial charge in [0.1, 0.15) is 18.5 Å². The fraction of sp³-hybridized carbons (Fsp3) is 0.444. The Bertz CT molecular complexity index is 712. The van der Waals surface area contributed by atoms with Crippen molar-refractivity contribution >= 4 is 29.1 Å². The average Bonchev–Trinajstić information content (AvgIpc) is 2.73. The number of aryl methyl sites for hydroxylation is 1. The van der Waals surface area contributed by atoms with Crippen molar-refractivity contribution in [3.05, 3.63) is 46.3 Å². The van der Waals surface area contributed by atoms with Crippen LogP contribution in [0.1, 0.15) is 5.56 Å². The zero-order valence-electron chi connectivity index (χ0n) is 14.0. The van der Waals surface area contributed by atoms with E-state index in [1.54, 1.807) is 0 Å². The fourth-order valence-corrected chi connectivity index (χ4v) is 4.76. The molecule has 1 atom stereocenters. The van der Waals surface area contributed by atoms with Crippen LogP contribution in [0, 0.1) is 6.92 Å². The zero-order valence-corrected chi connectivity index (χ0v) is 15.6. The number of allylic oxidation sites excluding steroid dienone is 1. The summed E-state index contributed by atoms with van der Waals surface area (Å²) in [6, 6.07) is 6.33. The van der Waals surface area contributed by atoms with E-state index >= 15 is 0 Å².